The number of piperidine rings is 1. The van der Waals surface area contributed by atoms with E-state index in [4.69, 9.17) is 21.4 Å². The smallest absolute Gasteiger partial charge is 0.306 e. The van der Waals surface area contributed by atoms with Crippen LogP contribution in [-0.4, -0.2) is 36.2 Å². The van der Waals surface area contributed by atoms with Crippen molar-refractivity contribution < 1.29 is 14.6 Å². The van der Waals surface area contributed by atoms with E-state index >= 15 is 0 Å². The molecule has 0 aromatic heterocycles. The summed E-state index contributed by atoms with van der Waals surface area (Å²) in [5.41, 5.74) is 2.05. The number of aliphatic carboxylic acids is 1. The van der Waals surface area contributed by atoms with Crippen LogP contribution in [-0.2, 0) is 11.3 Å². The number of benzene rings is 1. The van der Waals surface area contributed by atoms with Crippen LogP contribution in [0.15, 0.2) is 12.1 Å². The number of aryl methyl sites for hydroxylation is 1. The summed E-state index contributed by atoms with van der Waals surface area (Å²) in [7, 11) is 1.66. The van der Waals surface area contributed by atoms with Crippen molar-refractivity contribution in [2.75, 3.05) is 20.2 Å². The van der Waals surface area contributed by atoms with Crippen LogP contribution in [0.1, 0.15) is 24.0 Å². The van der Waals surface area contributed by atoms with E-state index in [9.17, 15) is 4.79 Å². The van der Waals surface area contributed by atoms with E-state index in [1.165, 1.54) is 0 Å². The highest BCUT2D eigenvalue weighted by Gasteiger charge is 2.25. The van der Waals surface area contributed by atoms with Gasteiger partial charge in [0.05, 0.1) is 13.0 Å². The van der Waals surface area contributed by atoms with E-state index in [0.29, 0.717) is 12.8 Å². The zero-order valence-corrected chi connectivity index (χ0v) is 12.6. The summed E-state index contributed by atoms with van der Waals surface area (Å²) in [6, 6.07) is 3.89. The van der Waals surface area contributed by atoms with Gasteiger partial charge >= 0.3 is 5.97 Å². The fourth-order valence-corrected chi connectivity index (χ4v) is 2.77. The number of hydrogen-bond donors (Lipinski definition) is 1. The minimum absolute atomic E-state index is 0.199. The van der Waals surface area contributed by atoms with E-state index in [1.54, 1.807) is 7.11 Å². The molecule has 1 fully saturated rings. The fourth-order valence-electron chi connectivity index (χ4n) is 2.59. The number of carboxylic acid groups (broad SMARTS) is 1. The van der Waals surface area contributed by atoms with Gasteiger partial charge in [0.15, 0.2) is 0 Å². The first-order valence-corrected chi connectivity index (χ1v) is 7.17. The Labute approximate surface area is 124 Å². The normalized spacial score (nSPS) is 17.1. The number of nitrogens with zero attached hydrogens (tertiary/aromatic N) is 1. The Balaban J connectivity index is 2.04. The fraction of sp³-hybridized carbons (Fsp3) is 0.533. The van der Waals surface area contributed by atoms with Gasteiger partial charge in [0.25, 0.3) is 0 Å². The summed E-state index contributed by atoms with van der Waals surface area (Å²) in [6.07, 6.45) is 1.41. The van der Waals surface area contributed by atoms with Crippen molar-refractivity contribution in [1.82, 2.24) is 4.90 Å². The molecule has 20 heavy (non-hydrogen) atoms. The maximum Gasteiger partial charge on any atom is 0.306 e. The topological polar surface area (TPSA) is 49.8 Å². The molecule has 0 saturated carbocycles. The lowest BCUT2D eigenvalue weighted by Crippen LogP contribution is -2.35. The molecule has 0 spiro atoms. The molecule has 0 atom stereocenters. The Morgan fingerprint density at radius 3 is 2.65 bits per heavy atom. The molecule has 1 aromatic carbocycles. The van der Waals surface area contributed by atoms with E-state index < -0.39 is 5.97 Å². The van der Waals surface area contributed by atoms with Crippen molar-refractivity contribution in [3.8, 4) is 5.75 Å². The Kier molecular flexibility index (Phi) is 4.89. The molecule has 0 amide bonds. The van der Waals surface area contributed by atoms with E-state index in [2.05, 4.69) is 4.90 Å². The number of rotatable bonds is 4. The molecule has 1 N–H and O–H groups in total. The van der Waals surface area contributed by atoms with Gasteiger partial charge in [-0.25, -0.2) is 0 Å². The summed E-state index contributed by atoms with van der Waals surface area (Å²) in [6.45, 7) is 4.29. The number of methoxy groups -OCH3 is 1. The highest BCUT2D eigenvalue weighted by molar-refractivity contribution is 6.31. The van der Waals surface area contributed by atoms with Crippen molar-refractivity contribution in [1.29, 1.82) is 0 Å². The molecule has 0 radical (unpaired) electrons. The highest BCUT2D eigenvalue weighted by atomic mass is 35.5. The second-order valence-electron chi connectivity index (χ2n) is 5.30. The van der Waals surface area contributed by atoms with Crippen molar-refractivity contribution in [3.63, 3.8) is 0 Å². The van der Waals surface area contributed by atoms with Crippen LogP contribution in [0.2, 0.25) is 5.02 Å². The molecular weight excluding hydrogens is 278 g/mol. The first-order chi connectivity index (χ1) is 9.51. The molecule has 4 nitrogen and oxygen atoms in total. The number of likely N-dealkylation sites (tertiary alicyclic amines) is 1. The standard InChI is InChI=1S/C15H20ClNO3/c1-10-7-14(20-2)12(8-13(10)16)9-17-5-3-11(4-6-17)15(18)19/h7-8,11H,3-6,9H2,1-2H3,(H,18,19). The third kappa shape index (κ3) is 3.44. The Morgan fingerprint density at radius 2 is 2.10 bits per heavy atom. The van der Waals surface area contributed by atoms with Crippen molar-refractivity contribution >= 4 is 17.6 Å². The number of ether oxygens (including phenoxy) is 1. The lowest BCUT2D eigenvalue weighted by molar-refractivity contribution is -0.143. The Morgan fingerprint density at radius 1 is 1.45 bits per heavy atom. The lowest BCUT2D eigenvalue weighted by atomic mass is 9.96. The van der Waals surface area contributed by atoms with Gasteiger partial charge in [-0.3, -0.25) is 9.69 Å². The average molecular weight is 298 g/mol. The number of carbonyl (C=O) groups is 1. The molecule has 1 heterocycles. The van der Waals surface area contributed by atoms with Gasteiger partial charge in [0.1, 0.15) is 5.75 Å². The molecule has 1 aliphatic rings. The number of carboxylic acids is 1. The first kappa shape index (κ1) is 15.1. The molecule has 1 saturated heterocycles. The molecule has 1 aromatic rings. The summed E-state index contributed by atoms with van der Waals surface area (Å²) >= 11 is 6.17. The first-order valence-electron chi connectivity index (χ1n) is 6.79. The van der Waals surface area contributed by atoms with Gasteiger partial charge in [-0.15, -0.1) is 0 Å². The van der Waals surface area contributed by atoms with Gasteiger partial charge in [-0.2, -0.15) is 0 Å². The monoisotopic (exact) mass is 297 g/mol. The molecule has 110 valence electrons. The summed E-state index contributed by atoms with van der Waals surface area (Å²) in [5, 5.41) is 9.74. The van der Waals surface area contributed by atoms with Gasteiger partial charge in [-0.05, 0) is 50.6 Å². The van der Waals surface area contributed by atoms with E-state index in [0.717, 1.165) is 41.5 Å². The summed E-state index contributed by atoms with van der Waals surface area (Å²) < 4.78 is 5.40. The quantitative estimate of drug-likeness (QED) is 0.928. The van der Waals surface area contributed by atoms with Gasteiger partial charge in [0, 0.05) is 17.1 Å². The minimum atomic E-state index is -0.680. The third-order valence-electron chi connectivity index (χ3n) is 3.89. The summed E-state index contributed by atoms with van der Waals surface area (Å²) in [5.74, 6) is -0.0392. The molecule has 0 aliphatic carbocycles. The predicted molar refractivity (Wildman–Crippen MR) is 78.4 cm³/mol. The van der Waals surface area contributed by atoms with Crippen molar-refractivity contribution in [3.05, 3.63) is 28.3 Å². The minimum Gasteiger partial charge on any atom is -0.496 e. The second kappa shape index (κ2) is 6.46. The van der Waals surface area contributed by atoms with Gasteiger partial charge in [-0.1, -0.05) is 11.6 Å². The largest absolute Gasteiger partial charge is 0.496 e. The van der Waals surface area contributed by atoms with Crippen LogP contribution < -0.4 is 4.74 Å². The van der Waals surface area contributed by atoms with Gasteiger partial charge < -0.3 is 9.84 Å². The number of hydrogen-bond acceptors (Lipinski definition) is 3. The second-order valence-corrected chi connectivity index (χ2v) is 5.71. The average Bonchev–Trinajstić information content (AvgIpc) is 2.43. The highest BCUT2D eigenvalue weighted by Crippen LogP contribution is 2.29. The zero-order valence-electron chi connectivity index (χ0n) is 11.9. The molecule has 2 rings (SSSR count). The van der Waals surface area contributed by atoms with E-state index in [-0.39, 0.29) is 5.92 Å². The maximum atomic E-state index is 10.9. The Hall–Kier alpha value is -1.26. The van der Waals surface area contributed by atoms with Crippen LogP contribution in [0.25, 0.3) is 0 Å². The lowest BCUT2D eigenvalue weighted by Gasteiger charge is -2.30. The molecule has 1 aliphatic heterocycles. The van der Waals surface area contributed by atoms with Crippen LogP contribution >= 0.6 is 11.6 Å². The molecule has 0 bridgehead atoms. The molecule has 0 unspecified atom stereocenters. The van der Waals surface area contributed by atoms with Gasteiger partial charge in [0.2, 0.25) is 0 Å². The molecule has 5 heteroatoms. The van der Waals surface area contributed by atoms with Crippen molar-refractivity contribution in [2.24, 2.45) is 5.92 Å². The van der Waals surface area contributed by atoms with E-state index in [1.807, 2.05) is 19.1 Å². The Bertz CT molecular complexity index is 496. The SMILES string of the molecule is COc1cc(C)c(Cl)cc1CN1CCC(C(=O)O)CC1. The number of halogens is 1. The van der Waals surface area contributed by atoms with Crippen LogP contribution in [0.3, 0.4) is 0 Å². The predicted octanol–water partition coefficient (Wildman–Crippen LogP) is 2.95. The molecular formula is C15H20ClNO3. The van der Waals surface area contributed by atoms with Crippen LogP contribution in [0, 0.1) is 12.8 Å². The van der Waals surface area contributed by atoms with Crippen LogP contribution in [0.4, 0.5) is 0 Å². The maximum absolute atomic E-state index is 10.9. The third-order valence-corrected chi connectivity index (χ3v) is 4.30. The summed E-state index contributed by atoms with van der Waals surface area (Å²) in [4.78, 5) is 13.2. The van der Waals surface area contributed by atoms with Crippen LogP contribution in [0.5, 0.6) is 5.75 Å². The zero-order chi connectivity index (χ0) is 14.7. The van der Waals surface area contributed by atoms with Crippen molar-refractivity contribution in [2.45, 2.75) is 26.3 Å².